The Balaban J connectivity index is 1.69. The summed E-state index contributed by atoms with van der Waals surface area (Å²) in [5.41, 5.74) is 2.27. The van der Waals surface area contributed by atoms with Crippen LogP contribution in [0.3, 0.4) is 0 Å². The number of benzene rings is 1. The number of hydrogen-bond acceptors (Lipinski definition) is 5. The monoisotopic (exact) mass is 358 g/mol. The average Bonchev–Trinajstić information content (AvgIpc) is 3.04. The molecule has 0 radical (unpaired) electrons. The van der Waals surface area contributed by atoms with E-state index in [1.807, 2.05) is 25.2 Å². The maximum absolute atomic E-state index is 12.7. The van der Waals surface area contributed by atoms with Gasteiger partial charge in [0, 0.05) is 51.1 Å². The van der Waals surface area contributed by atoms with Crippen LogP contribution in [0.15, 0.2) is 35.7 Å². The van der Waals surface area contributed by atoms with Crippen LogP contribution in [-0.2, 0) is 17.9 Å². The van der Waals surface area contributed by atoms with Crippen molar-refractivity contribution in [3.05, 3.63) is 47.0 Å². The Bertz CT molecular complexity index is 688. The van der Waals surface area contributed by atoms with E-state index in [4.69, 9.17) is 0 Å². The highest BCUT2D eigenvalue weighted by molar-refractivity contribution is 7.13. The van der Waals surface area contributed by atoms with Gasteiger partial charge in [-0.2, -0.15) is 0 Å². The van der Waals surface area contributed by atoms with Gasteiger partial charge in [0.15, 0.2) is 5.13 Å². The van der Waals surface area contributed by atoms with Gasteiger partial charge in [-0.05, 0) is 12.0 Å². The third kappa shape index (κ3) is 4.58. The molecule has 5 nitrogen and oxygen atoms in total. The number of rotatable bonds is 6. The molecule has 1 N–H and O–H groups in total. The molecule has 1 unspecified atom stereocenters. The van der Waals surface area contributed by atoms with E-state index in [0.717, 1.165) is 36.9 Å². The minimum atomic E-state index is 0.248. The molecule has 25 heavy (non-hydrogen) atoms. The molecule has 1 aliphatic heterocycles. The van der Waals surface area contributed by atoms with Gasteiger partial charge < -0.3 is 10.2 Å². The Morgan fingerprint density at radius 2 is 2.08 bits per heavy atom. The van der Waals surface area contributed by atoms with E-state index in [-0.39, 0.29) is 11.9 Å². The Hall–Kier alpha value is -1.92. The largest absolute Gasteiger partial charge is 0.365 e. The summed E-state index contributed by atoms with van der Waals surface area (Å²) in [6.45, 7) is 5.38. The van der Waals surface area contributed by atoms with E-state index in [9.17, 15) is 4.79 Å². The number of thiazole rings is 1. The van der Waals surface area contributed by atoms with Crippen molar-refractivity contribution in [1.29, 1.82) is 0 Å². The molecule has 1 amide bonds. The summed E-state index contributed by atoms with van der Waals surface area (Å²) in [7, 11) is 1.89. The van der Waals surface area contributed by atoms with Gasteiger partial charge in [-0.25, -0.2) is 4.98 Å². The first kappa shape index (κ1) is 17.9. The van der Waals surface area contributed by atoms with Crippen molar-refractivity contribution in [3.63, 3.8) is 0 Å². The van der Waals surface area contributed by atoms with Crippen LogP contribution >= 0.6 is 11.3 Å². The third-order valence-electron chi connectivity index (χ3n) is 4.69. The summed E-state index contributed by atoms with van der Waals surface area (Å²) in [6.07, 6.45) is 1.54. The maximum Gasteiger partial charge on any atom is 0.224 e. The SMILES string of the molecule is CCC1CN(Cc2csc(NC)n2)CCC(=O)N1Cc1ccccc1. The van der Waals surface area contributed by atoms with Crippen LogP contribution < -0.4 is 5.32 Å². The molecule has 1 aromatic heterocycles. The third-order valence-corrected chi connectivity index (χ3v) is 5.60. The van der Waals surface area contributed by atoms with Gasteiger partial charge in [-0.3, -0.25) is 9.69 Å². The van der Waals surface area contributed by atoms with Crippen LogP contribution in [0, 0.1) is 0 Å². The number of carbonyl (C=O) groups excluding carboxylic acids is 1. The summed E-state index contributed by atoms with van der Waals surface area (Å²) >= 11 is 1.63. The van der Waals surface area contributed by atoms with Crippen LogP contribution in [0.4, 0.5) is 5.13 Å². The Labute approximate surface area is 153 Å². The zero-order valence-electron chi connectivity index (χ0n) is 14.9. The van der Waals surface area contributed by atoms with Crippen LogP contribution in [0.5, 0.6) is 0 Å². The van der Waals surface area contributed by atoms with E-state index >= 15 is 0 Å². The second kappa shape index (κ2) is 8.45. The molecule has 0 saturated carbocycles. The number of carbonyl (C=O) groups is 1. The summed E-state index contributed by atoms with van der Waals surface area (Å²) in [6, 6.07) is 10.5. The van der Waals surface area contributed by atoms with Gasteiger partial charge in [0.1, 0.15) is 0 Å². The quantitative estimate of drug-likeness (QED) is 0.861. The fraction of sp³-hybridized carbons (Fsp3) is 0.474. The molecule has 2 aromatic rings. The fourth-order valence-electron chi connectivity index (χ4n) is 3.30. The molecule has 2 heterocycles. The number of nitrogens with zero attached hydrogens (tertiary/aromatic N) is 3. The predicted molar refractivity (Wildman–Crippen MR) is 103 cm³/mol. The normalized spacial score (nSPS) is 19.0. The van der Waals surface area contributed by atoms with Crippen molar-refractivity contribution >= 4 is 22.4 Å². The van der Waals surface area contributed by atoms with Gasteiger partial charge in [-0.15, -0.1) is 11.3 Å². The van der Waals surface area contributed by atoms with Gasteiger partial charge in [-0.1, -0.05) is 37.3 Å². The molecule has 134 valence electrons. The molecule has 1 aliphatic rings. The molecule has 0 bridgehead atoms. The fourth-order valence-corrected chi connectivity index (χ4v) is 3.97. The molecule has 3 rings (SSSR count). The van der Waals surface area contributed by atoms with Crippen LogP contribution in [0.1, 0.15) is 31.0 Å². The van der Waals surface area contributed by atoms with E-state index in [1.54, 1.807) is 11.3 Å². The first-order valence-corrected chi connectivity index (χ1v) is 9.75. The lowest BCUT2D eigenvalue weighted by molar-refractivity contribution is -0.133. The number of aromatic nitrogens is 1. The molecule has 6 heteroatoms. The molecule has 1 saturated heterocycles. The maximum atomic E-state index is 12.7. The first-order chi connectivity index (χ1) is 12.2. The lowest BCUT2D eigenvalue weighted by atomic mass is 10.1. The van der Waals surface area contributed by atoms with E-state index in [0.29, 0.717) is 13.0 Å². The molecule has 1 atom stereocenters. The minimum Gasteiger partial charge on any atom is -0.365 e. The Kier molecular flexibility index (Phi) is 6.04. The molecular weight excluding hydrogens is 332 g/mol. The zero-order chi connectivity index (χ0) is 17.6. The van der Waals surface area contributed by atoms with Gasteiger partial charge in [0.05, 0.1) is 5.69 Å². The lowest BCUT2D eigenvalue weighted by Gasteiger charge is -2.31. The van der Waals surface area contributed by atoms with Crippen LogP contribution in [0.25, 0.3) is 0 Å². The molecule has 1 aromatic carbocycles. The van der Waals surface area contributed by atoms with E-state index in [1.165, 1.54) is 5.56 Å². The highest BCUT2D eigenvalue weighted by Gasteiger charge is 2.28. The first-order valence-electron chi connectivity index (χ1n) is 8.87. The molecule has 0 spiro atoms. The van der Waals surface area contributed by atoms with Gasteiger partial charge >= 0.3 is 0 Å². The number of anilines is 1. The molecule has 1 fully saturated rings. The van der Waals surface area contributed by atoms with Crippen molar-refractivity contribution < 1.29 is 4.79 Å². The highest BCUT2D eigenvalue weighted by Crippen LogP contribution is 2.21. The summed E-state index contributed by atoms with van der Waals surface area (Å²) in [5.74, 6) is 0.257. The lowest BCUT2D eigenvalue weighted by Crippen LogP contribution is -2.42. The minimum absolute atomic E-state index is 0.248. The number of hydrogen-bond donors (Lipinski definition) is 1. The molecular formula is C19H26N4OS. The van der Waals surface area contributed by atoms with Crippen molar-refractivity contribution in [2.45, 2.75) is 38.9 Å². The standard InChI is InChI=1S/C19H26N4OS/c1-3-17-13-22(12-16-14-25-19(20-2)21-16)10-9-18(24)23(17)11-15-7-5-4-6-8-15/h4-8,14,17H,3,9-13H2,1-2H3,(H,20,21). The summed E-state index contributed by atoms with van der Waals surface area (Å²) in [5, 5.41) is 6.13. The highest BCUT2D eigenvalue weighted by atomic mass is 32.1. The van der Waals surface area contributed by atoms with E-state index < -0.39 is 0 Å². The molecule has 0 aliphatic carbocycles. The van der Waals surface area contributed by atoms with Crippen LogP contribution in [-0.4, -0.2) is 46.9 Å². The predicted octanol–water partition coefficient (Wildman–Crippen LogP) is 3.20. The van der Waals surface area contributed by atoms with Crippen molar-refractivity contribution in [2.75, 3.05) is 25.5 Å². The number of nitrogens with one attached hydrogen (secondary N) is 1. The second-order valence-corrected chi connectivity index (χ2v) is 7.31. The van der Waals surface area contributed by atoms with Gasteiger partial charge in [0.2, 0.25) is 5.91 Å². The van der Waals surface area contributed by atoms with Crippen LogP contribution in [0.2, 0.25) is 0 Å². The zero-order valence-corrected chi connectivity index (χ0v) is 15.8. The summed E-state index contributed by atoms with van der Waals surface area (Å²) in [4.78, 5) is 21.7. The second-order valence-electron chi connectivity index (χ2n) is 6.45. The van der Waals surface area contributed by atoms with Crippen molar-refractivity contribution in [1.82, 2.24) is 14.8 Å². The van der Waals surface area contributed by atoms with Crippen molar-refractivity contribution in [2.24, 2.45) is 0 Å². The van der Waals surface area contributed by atoms with Gasteiger partial charge in [0.25, 0.3) is 0 Å². The smallest absolute Gasteiger partial charge is 0.224 e. The topological polar surface area (TPSA) is 48.5 Å². The Morgan fingerprint density at radius 1 is 1.28 bits per heavy atom. The van der Waals surface area contributed by atoms with E-state index in [2.05, 4.69) is 44.5 Å². The Morgan fingerprint density at radius 3 is 2.76 bits per heavy atom. The number of amides is 1. The average molecular weight is 359 g/mol. The summed E-state index contributed by atoms with van der Waals surface area (Å²) < 4.78 is 0. The van der Waals surface area contributed by atoms with Crippen molar-refractivity contribution in [3.8, 4) is 0 Å².